The van der Waals surface area contributed by atoms with Gasteiger partial charge in [-0.15, -0.1) is 24.0 Å². The predicted molar refractivity (Wildman–Crippen MR) is 113 cm³/mol. The first kappa shape index (κ1) is 22.1. The van der Waals surface area contributed by atoms with Crippen LogP contribution in [0.15, 0.2) is 15.6 Å². The Morgan fingerprint density at radius 2 is 2.04 bits per heavy atom. The van der Waals surface area contributed by atoms with E-state index >= 15 is 0 Å². The monoisotopic (exact) mass is 499 g/mol. The van der Waals surface area contributed by atoms with Crippen molar-refractivity contribution in [3.63, 3.8) is 0 Å². The Kier molecular flexibility index (Phi) is 8.56. The summed E-state index contributed by atoms with van der Waals surface area (Å²) in [5.74, 6) is 1.83. The largest absolute Gasteiger partial charge is 0.361 e. The third-order valence-corrected chi connectivity index (χ3v) is 4.88. The highest BCUT2D eigenvalue weighted by Gasteiger charge is 2.16. The number of halogens is 3. The van der Waals surface area contributed by atoms with Crippen LogP contribution in [-0.2, 0) is 13.6 Å². The number of rotatable bonds is 5. The topological polar surface area (TPSA) is 67.4 Å². The van der Waals surface area contributed by atoms with Gasteiger partial charge in [0.15, 0.2) is 5.96 Å². The van der Waals surface area contributed by atoms with Gasteiger partial charge in [-0.3, -0.25) is 4.99 Å². The van der Waals surface area contributed by atoms with Gasteiger partial charge in [-0.05, 0) is 19.9 Å². The molecule has 1 unspecified atom stereocenters. The summed E-state index contributed by atoms with van der Waals surface area (Å²) in [5.41, 5.74) is 3.04. The zero-order valence-electron chi connectivity index (χ0n) is 15.0. The van der Waals surface area contributed by atoms with Gasteiger partial charge in [-0.2, -0.15) is 0 Å². The molecule has 0 aliphatic rings. The maximum Gasteiger partial charge on any atom is 0.191 e. The molecular formula is C16H24Cl2IN5O. The molecule has 0 saturated heterocycles. The SMILES string of the molecule is CN=C(NCc1cc(Cl)c(Cl)n1C)NCC(C)c1c(C)noc1C.I. The van der Waals surface area contributed by atoms with Crippen molar-refractivity contribution in [1.29, 1.82) is 0 Å². The van der Waals surface area contributed by atoms with Gasteiger partial charge < -0.3 is 19.7 Å². The number of hydrogen-bond donors (Lipinski definition) is 2. The average Bonchev–Trinajstić information content (AvgIpc) is 3.01. The van der Waals surface area contributed by atoms with Crippen LogP contribution in [0.4, 0.5) is 0 Å². The van der Waals surface area contributed by atoms with E-state index in [9.17, 15) is 0 Å². The van der Waals surface area contributed by atoms with E-state index in [1.165, 1.54) is 0 Å². The smallest absolute Gasteiger partial charge is 0.191 e. The van der Waals surface area contributed by atoms with Gasteiger partial charge in [0, 0.05) is 37.8 Å². The van der Waals surface area contributed by atoms with E-state index in [2.05, 4.69) is 27.7 Å². The van der Waals surface area contributed by atoms with E-state index in [0.29, 0.717) is 22.7 Å². The van der Waals surface area contributed by atoms with Crippen LogP contribution in [0.2, 0.25) is 10.2 Å². The number of hydrogen-bond acceptors (Lipinski definition) is 3. The lowest BCUT2D eigenvalue weighted by molar-refractivity contribution is 0.391. The highest BCUT2D eigenvalue weighted by Crippen LogP contribution is 2.25. The van der Waals surface area contributed by atoms with Gasteiger partial charge in [0.25, 0.3) is 0 Å². The third kappa shape index (κ3) is 5.27. The summed E-state index contributed by atoms with van der Waals surface area (Å²) in [6.45, 7) is 7.31. The molecule has 2 heterocycles. The molecule has 2 N–H and O–H groups in total. The molecular weight excluding hydrogens is 476 g/mol. The van der Waals surface area contributed by atoms with Gasteiger partial charge in [0.1, 0.15) is 10.9 Å². The van der Waals surface area contributed by atoms with Crippen molar-refractivity contribution in [3.05, 3.63) is 39.0 Å². The van der Waals surface area contributed by atoms with E-state index in [4.69, 9.17) is 27.7 Å². The summed E-state index contributed by atoms with van der Waals surface area (Å²) in [6.07, 6.45) is 0. The van der Waals surface area contributed by atoms with Crippen LogP contribution in [0.5, 0.6) is 0 Å². The van der Waals surface area contributed by atoms with Crippen molar-refractivity contribution < 1.29 is 4.52 Å². The number of nitrogens with one attached hydrogen (secondary N) is 2. The Balaban J connectivity index is 0.00000312. The van der Waals surface area contributed by atoms with E-state index < -0.39 is 0 Å². The van der Waals surface area contributed by atoms with Gasteiger partial charge in [-0.25, -0.2) is 0 Å². The zero-order chi connectivity index (χ0) is 17.9. The molecule has 140 valence electrons. The highest BCUT2D eigenvalue weighted by atomic mass is 127. The van der Waals surface area contributed by atoms with Crippen molar-refractivity contribution in [3.8, 4) is 0 Å². The summed E-state index contributed by atoms with van der Waals surface area (Å²) >= 11 is 12.1. The van der Waals surface area contributed by atoms with Gasteiger partial charge >= 0.3 is 0 Å². The molecule has 6 nitrogen and oxygen atoms in total. The maximum absolute atomic E-state index is 6.08. The van der Waals surface area contributed by atoms with Crippen LogP contribution in [0.1, 0.15) is 35.6 Å². The Hall–Kier alpha value is -0.930. The molecule has 0 aliphatic carbocycles. The van der Waals surface area contributed by atoms with E-state index in [1.54, 1.807) is 7.05 Å². The quantitative estimate of drug-likeness (QED) is 0.370. The fourth-order valence-corrected chi connectivity index (χ4v) is 3.11. The molecule has 9 heteroatoms. The molecule has 0 aliphatic heterocycles. The summed E-state index contributed by atoms with van der Waals surface area (Å²) in [7, 11) is 3.61. The van der Waals surface area contributed by atoms with Gasteiger partial charge in [0.2, 0.25) is 0 Å². The molecule has 0 spiro atoms. The number of aromatic nitrogens is 2. The molecule has 25 heavy (non-hydrogen) atoms. The van der Waals surface area contributed by atoms with Crippen molar-refractivity contribution >= 4 is 53.1 Å². The van der Waals surface area contributed by atoms with Crippen molar-refractivity contribution in [1.82, 2.24) is 20.4 Å². The number of guanidine groups is 1. The summed E-state index contributed by atoms with van der Waals surface area (Å²) in [6, 6.07) is 1.84. The van der Waals surface area contributed by atoms with Crippen LogP contribution in [0, 0.1) is 13.8 Å². The summed E-state index contributed by atoms with van der Waals surface area (Å²) in [5, 5.41) is 11.7. The molecule has 1 atom stereocenters. The predicted octanol–water partition coefficient (Wildman–Crippen LogP) is 4.02. The lowest BCUT2D eigenvalue weighted by Gasteiger charge is -2.16. The van der Waals surface area contributed by atoms with Crippen LogP contribution in [0.3, 0.4) is 0 Å². The molecule has 2 aromatic rings. The number of aryl methyl sites for hydroxylation is 2. The first-order valence-corrected chi connectivity index (χ1v) is 8.47. The second-order valence-corrected chi connectivity index (χ2v) is 6.54. The fourth-order valence-electron chi connectivity index (χ4n) is 2.70. The molecule has 0 radical (unpaired) electrons. The third-order valence-electron chi connectivity index (χ3n) is 4.03. The second kappa shape index (κ2) is 9.68. The zero-order valence-corrected chi connectivity index (χ0v) is 18.8. The first-order chi connectivity index (χ1) is 11.3. The van der Waals surface area contributed by atoms with Crippen LogP contribution >= 0.6 is 47.2 Å². The summed E-state index contributed by atoms with van der Waals surface area (Å²) in [4.78, 5) is 4.24. The Bertz CT molecular complexity index is 722. The lowest BCUT2D eigenvalue weighted by Crippen LogP contribution is -2.39. The Morgan fingerprint density at radius 3 is 2.52 bits per heavy atom. The standard InChI is InChI=1S/C16H23Cl2N5O.HI/c1-9(14-10(2)22-24-11(14)3)7-20-16(19-4)21-8-12-6-13(17)15(18)23(12)5;/h6,9H,7-8H2,1-5H3,(H2,19,20,21);1H. The van der Waals surface area contributed by atoms with E-state index in [-0.39, 0.29) is 29.9 Å². The minimum atomic E-state index is 0. The minimum Gasteiger partial charge on any atom is -0.361 e. The molecule has 2 rings (SSSR count). The van der Waals surface area contributed by atoms with Crippen LogP contribution in [0.25, 0.3) is 0 Å². The second-order valence-electron chi connectivity index (χ2n) is 5.78. The van der Waals surface area contributed by atoms with Crippen LogP contribution < -0.4 is 10.6 Å². The normalized spacial score (nSPS) is 12.7. The molecule has 0 amide bonds. The molecule has 0 fully saturated rings. The Labute approximate surface area is 175 Å². The van der Waals surface area contributed by atoms with E-state index in [0.717, 1.165) is 29.3 Å². The Morgan fingerprint density at radius 1 is 1.36 bits per heavy atom. The van der Waals surface area contributed by atoms with Crippen molar-refractivity contribution in [2.75, 3.05) is 13.6 Å². The molecule has 0 saturated carbocycles. The average molecular weight is 500 g/mol. The van der Waals surface area contributed by atoms with Gasteiger partial charge in [0.05, 0.1) is 17.3 Å². The number of aliphatic imine (C=N–C) groups is 1. The maximum atomic E-state index is 6.08. The molecule has 0 bridgehead atoms. The first-order valence-electron chi connectivity index (χ1n) is 7.72. The number of nitrogens with zero attached hydrogens (tertiary/aromatic N) is 3. The van der Waals surface area contributed by atoms with E-state index in [1.807, 2.05) is 31.5 Å². The van der Waals surface area contributed by atoms with Crippen molar-refractivity contribution in [2.45, 2.75) is 33.2 Å². The molecule has 0 aromatic carbocycles. The lowest BCUT2D eigenvalue weighted by atomic mass is 10.00. The molecule has 2 aromatic heterocycles. The summed E-state index contributed by atoms with van der Waals surface area (Å²) < 4.78 is 7.07. The minimum absolute atomic E-state index is 0. The van der Waals surface area contributed by atoms with Crippen molar-refractivity contribution in [2.24, 2.45) is 12.0 Å². The van der Waals surface area contributed by atoms with Gasteiger partial charge in [-0.1, -0.05) is 35.3 Å². The van der Waals surface area contributed by atoms with Crippen LogP contribution in [-0.4, -0.2) is 29.3 Å². The highest BCUT2D eigenvalue weighted by molar-refractivity contribution is 14.0. The fraction of sp³-hybridized carbons (Fsp3) is 0.500.